The number of hydrogen-bond acceptors (Lipinski definition) is 1. The van der Waals surface area contributed by atoms with Gasteiger partial charge in [-0.1, -0.05) is 77.1 Å². The van der Waals surface area contributed by atoms with Gasteiger partial charge in [-0.2, -0.15) is 0 Å². The number of carbonyl (C=O) groups is 1. The van der Waals surface area contributed by atoms with Gasteiger partial charge in [0.05, 0.1) is 5.41 Å². The van der Waals surface area contributed by atoms with Crippen LogP contribution in [0.4, 0.5) is 0 Å². The summed E-state index contributed by atoms with van der Waals surface area (Å²) >= 11 is 0. The van der Waals surface area contributed by atoms with Gasteiger partial charge in [-0.3, -0.25) is 4.79 Å². The lowest BCUT2D eigenvalue weighted by Gasteiger charge is -2.26. The van der Waals surface area contributed by atoms with Crippen molar-refractivity contribution in [3.8, 4) is 0 Å². The summed E-state index contributed by atoms with van der Waals surface area (Å²) in [5.41, 5.74) is 6.39. The maximum absolute atomic E-state index is 12.4. The van der Waals surface area contributed by atoms with Crippen LogP contribution in [0, 0.1) is 16.2 Å². The monoisotopic (exact) mass is 295 g/mol. The quantitative estimate of drug-likeness (QED) is 0.891. The van der Waals surface area contributed by atoms with E-state index in [1.54, 1.807) is 0 Å². The fraction of sp³-hybridized carbons (Fsp3) is 0.450. The molecule has 0 spiro atoms. The van der Waals surface area contributed by atoms with Gasteiger partial charge >= 0.3 is 0 Å². The molecule has 0 heterocycles. The molecule has 116 valence electrons. The Bertz CT molecular complexity index is 743. The molecule has 0 unspecified atom stereocenters. The van der Waals surface area contributed by atoms with Crippen LogP contribution in [-0.2, 0) is 4.79 Å². The van der Waals surface area contributed by atoms with Crippen LogP contribution in [0.2, 0.25) is 0 Å². The molecule has 1 saturated carbocycles. The minimum absolute atomic E-state index is 0.0969. The summed E-state index contributed by atoms with van der Waals surface area (Å²) in [6, 6.07) is 14.8. The van der Waals surface area contributed by atoms with Gasteiger partial charge in [-0.25, -0.2) is 0 Å². The Hall–Kier alpha value is -1.83. The highest BCUT2D eigenvalue weighted by Crippen LogP contribution is 2.82. The van der Waals surface area contributed by atoms with E-state index in [2.05, 4.69) is 65.0 Å². The first kappa shape index (κ1) is 15.1. The molecule has 1 atom stereocenters. The molecule has 3 rings (SSSR count). The van der Waals surface area contributed by atoms with E-state index < -0.39 is 5.41 Å². The molecule has 0 aliphatic heterocycles. The summed E-state index contributed by atoms with van der Waals surface area (Å²) in [6.45, 7) is 10.8. The second-order valence-corrected chi connectivity index (χ2v) is 7.75. The molecule has 2 nitrogen and oxygen atoms in total. The molecule has 0 saturated heterocycles. The van der Waals surface area contributed by atoms with E-state index in [1.165, 1.54) is 16.3 Å². The van der Waals surface area contributed by atoms with Crippen molar-refractivity contribution in [1.29, 1.82) is 0 Å². The molecule has 1 aliphatic rings. The van der Waals surface area contributed by atoms with Crippen molar-refractivity contribution in [3.63, 3.8) is 0 Å². The molecule has 2 aromatic rings. The largest absolute Gasteiger partial charge is 0.369 e. The molecule has 2 aromatic carbocycles. The van der Waals surface area contributed by atoms with Crippen molar-refractivity contribution < 1.29 is 4.79 Å². The Morgan fingerprint density at radius 3 is 2.00 bits per heavy atom. The SMILES string of the molecule is C[C@H](c1ccc2ccccc2c1)C1(C(N)=O)C(C)(C)C1(C)C. The summed E-state index contributed by atoms with van der Waals surface area (Å²) < 4.78 is 0. The van der Waals surface area contributed by atoms with Gasteiger partial charge in [0.2, 0.25) is 5.91 Å². The van der Waals surface area contributed by atoms with Crippen LogP contribution in [-0.4, -0.2) is 5.91 Å². The smallest absolute Gasteiger partial charge is 0.225 e. The van der Waals surface area contributed by atoms with Crippen LogP contribution >= 0.6 is 0 Å². The zero-order chi connectivity index (χ0) is 16.3. The van der Waals surface area contributed by atoms with Crippen LogP contribution in [0.5, 0.6) is 0 Å². The van der Waals surface area contributed by atoms with E-state index in [9.17, 15) is 4.79 Å². The molecule has 1 amide bonds. The number of carbonyl (C=O) groups excluding carboxylic acids is 1. The second-order valence-electron chi connectivity index (χ2n) is 7.75. The van der Waals surface area contributed by atoms with Crippen molar-refractivity contribution in [2.45, 2.75) is 40.5 Å². The fourth-order valence-corrected chi connectivity index (χ4v) is 5.00. The predicted molar refractivity (Wildman–Crippen MR) is 91.6 cm³/mol. The molecule has 2 heteroatoms. The van der Waals surface area contributed by atoms with Gasteiger partial charge in [0.25, 0.3) is 0 Å². The van der Waals surface area contributed by atoms with Crippen LogP contribution in [0.3, 0.4) is 0 Å². The van der Waals surface area contributed by atoms with E-state index in [1.807, 2.05) is 12.1 Å². The van der Waals surface area contributed by atoms with Gasteiger partial charge in [-0.05, 0) is 33.1 Å². The van der Waals surface area contributed by atoms with Crippen molar-refractivity contribution in [1.82, 2.24) is 0 Å². The third kappa shape index (κ3) is 1.53. The minimum Gasteiger partial charge on any atom is -0.369 e. The van der Waals surface area contributed by atoms with Gasteiger partial charge in [0.1, 0.15) is 0 Å². The fourth-order valence-electron chi connectivity index (χ4n) is 5.00. The Morgan fingerprint density at radius 1 is 0.955 bits per heavy atom. The van der Waals surface area contributed by atoms with Crippen molar-refractivity contribution >= 4 is 16.7 Å². The minimum atomic E-state index is -0.498. The average molecular weight is 295 g/mol. The first-order chi connectivity index (χ1) is 10.2. The maximum Gasteiger partial charge on any atom is 0.225 e. The molecule has 0 bridgehead atoms. The predicted octanol–water partition coefficient (Wildman–Crippen LogP) is 4.48. The molecule has 1 fully saturated rings. The van der Waals surface area contributed by atoms with Gasteiger partial charge in [0.15, 0.2) is 0 Å². The average Bonchev–Trinajstić information content (AvgIpc) is 2.83. The number of hydrogen-bond donors (Lipinski definition) is 1. The van der Waals surface area contributed by atoms with Crippen molar-refractivity contribution in [2.24, 2.45) is 22.0 Å². The van der Waals surface area contributed by atoms with Crippen LogP contribution in [0.15, 0.2) is 42.5 Å². The number of rotatable bonds is 3. The second kappa shape index (κ2) is 4.34. The zero-order valence-electron chi connectivity index (χ0n) is 14.1. The summed E-state index contributed by atoms with van der Waals surface area (Å²) in [5, 5.41) is 2.43. The Morgan fingerprint density at radius 2 is 1.50 bits per heavy atom. The third-order valence-corrected chi connectivity index (χ3v) is 6.78. The van der Waals surface area contributed by atoms with Gasteiger partial charge in [-0.15, -0.1) is 0 Å². The molecule has 0 radical (unpaired) electrons. The standard InChI is InChI=1S/C20H25NO/c1-13(20(17(21)22)18(2,3)19(20,4)5)15-11-10-14-8-6-7-9-16(14)12-15/h6-13H,1-5H3,(H2,21,22)/t13-/m1/s1. The summed E-state index contributed by atoms with van der Waals surface area (Å²) in [4.78, 5) is 12.4. The number of benzene rings is 2. The molecular weight excluding hydrogens is 270 g/mol. The number of fused-ring (bicyclic) bond motifs is 1. The summed E-state index contributed by atoms with van der Waals surface area (Å²) in [5.74, 6) is -0.0808. The zero-order valence-corrected chi connectivity index (χ0v) is 14.1. The lowest BCUT2D eigenvalue weighted by atomic mass is 9.76. The normalized spacial score (nSPS) is 22.2. The van der Waals surface area contributed by atoms with Crippen molar-refractivity contribution in [2.75, 3.05) is 0 Å². The topological polar surface area (TPSA) is 43.1 Å². The third-order valence-electron chi connectivity index (χ3n) is 6.78. The molecular formula is C20H25NO. The lowest BCUT2D eigenvalue weighted by Crippen LogP contribution is -2.35. The van der Waals surface area contributed by atoms with Crippen LogP contribution in [0.25, 0.3) is 10.8 Å². The highest BCUT2D eigenvalue weighted by atomic mass is 16.1. The Kier molecular flexibility index (Phi) is 2.98. The Balaban J connectivity index is 2.12. The first-order valence-electron chi connectivity index (χ1n) is 7.96. The van der Waals surface area contributed by atoms with E-state index >= 15 is 0 Å². The van der Waals surface area contributed by atoms with Crippen molar-refractivity contribution in [3.05, 3.63) is 48.0 Å². The van der Waals surface area contributed by atoms with E-state index in [0.717, 1.165) is 0 Å². The highest BCUT2D eigenvalue weighted by Gasteiger charge is 2.82. The van der Waals surface area contributed by atoms with E-state index in [0.29, 0.717) is 0 Å². The lowest BCUT2D eigenvalue weighted by molar-refractivity contribution is -0.126. The number of amides is 1. The van der Waals surface area contributed by atoms with Crippen LogP contribution < -0.4 is 5.73 Å². The summed E-state index contributed by atoms with van der Waals surface area (Å²) in [7, 11) is 0. The Labute approximate surface area is 132 Å². The van der Waals surface area contributed by atoms with Crippen LogP contribution in [0.1, 0.15) is 46.1 Å². The molecule has 0 aromatic heterocycles. The maximum atomic E-state index is 12.4. The molecule has 2 N–H and O–H groups in total. The van der Waals surface area contributed by atoms with Gasteiger partial charge in [0, 0.05) is 0 Å². The molecule has 22 heavy (non-hydrogen) atoms. The first-order valence-corrected chi connectivity index (χ1v) is 7.96. The molecule has 1 aliphatic carbocycles. The number of nitrogens with two attached hydrogens (primary N) is 1. The highest BCUT2D eigenvalue weighted by molar-refractivity contribution is 5.89. The van der Waals surface area contributed by atoms with E-state index in [4.69, 9.17) is 5.73 Å². The van der Waals surface area contributed by atoms with E-state index in [-0.39, 0.29) is 22.7 Å². The summed E-state index contributed by atoms with van der Waals surface area (Å²) in [6.07, 6.45) is 0. The number of primary amides is 1. The van der Waals surface area contributed by atoms with Gasteiger partial charge < -0.3 is 5.73 Å².